The van der Waals surface area contributed by atoms with Crippen LogP contribution in [0.1, 0.15) is 18.4 Å². The van der Waals surface area contributed by atoms with Crippen molar-refractivity contribution < 1.29 is 13.6 Å². The van der Waals surface area contributed by atoms with Crippen molar-refractivity contribution in [3.63, 3.8) is 0 Å². The molecule has 1 aromatic carbocycles. The van der Waals surface area contributed by atoms with E-state index in [9.17, 15) is 13.6 Å². The second-order valence-corrected chi connectivity index (χ2v) is 6.80. The maximum Gasteiger partial charge on any atom is 0.223 e. The molecule has 0 atom stereocenters. The molecule has 0 aliphatic carbocycles. The van der Waals surface area contributed by atoms with Gasteiger partial charge in [0, 0.05) is 37.2 Å². The predicted octanol–water partition coefficient (Wildman–Crippen LogP) is 1.87. The van der Waals surface area contributed by atoms with Gasteiger partial charge in [-0.2, -0.15) is 5.10 Å². The van der Waals surface area contributed by atoms with Gasteiger partial charge in [0.25, 0.3) is 0 Å². The van der Waals surface area contributed by atoms with Crippen molar-refractivity contribution in [3.8, 4) is 5.82 Å². The first-order valence-electron chi connectivity index (χ1n) is 9.25. The van der Waals surface area contributed by atoms with Crippen molar-refractivity contribution in [1.82, 2.24) is 30.3 Å². The van der Waals surface area contributed by atoms with Crippen LogP contribution in [0.25, 0.3) is 5.82 Å². The molecular formula is C19H19F2N7O. The van der Waals surface area contributed by atoms with Crippen molar-refractivity contribution in [3.05, 3.63) is 60.2 Å². The van der Waals surface area contributed by atoms with Gasteiger partial charge in [0.2, 0.25) is 5.91 Å². The van der Waals surface area contributed by atoms with E-state index in [2.05, 4.69) is 30.5 Å². The van der Waals surface area contributed by atoms with Crippen molar-refractivity contribution >= 4 is 11.7 Å². The van der Waals surface area contributed by atoms with E-state index in [4.69, 9.17) is 0 Å². The van der Waals surface area contributed by atoms with Gasteiger partial charge in [-0.05, 0) is 31.0 Å². The second-order valence-electron chi connectivity index (χ2n) is 6.80. The number of hydrogen-bond donors (Lipinski definition) is 1. The number of nitrogens with zero attached hydrogens (tertiary/aromatic N) is 6. The first kappa shape index (κ1) is 18.9. The topological polar surface area (TPSA) is 88.8 Å². The van der Waals surface area contributed by atoms with Crippen molar-refractivity contribution in [2.75, 3.05) is 18.0 Å². The van der Waals surface area contributed by atoms with E-state index < -0.39 is 11.6 Å². The van der Waals surface area contributed by atoms with Crippen LogP contribution in [0.15, 0.2) is 43.0 Å². The Hall–Kier alpha value is -3.43. The zero-order valence-corrected chi connectivity index (χ0v) is 15.5. The normalized spacial score (nSPS) is 14.8. The van der Waals surface area contributed by atoms with Crippen molar-refractivity contribution in [1.29, 1.82) is 0 Å². The zero-order chi connectivity index (χ0) is 20.2. The molecule has 1 fully saturated rings. The molecule has 1 amide bonds. The molecule has 150 valence electrons. The Morgan fingerprint density at radius 3 is 2.52 bits per heavy atom. The number of anilines is 1. The molecule has 0 saturated carbocycles. The summed E-state index contributed by atoms with van der Waals surface area (Å²) in [6.07, 6.45) is 4.29. The Bertz CT molecular complexity index is 971. The van der Waals surface area contributed by atoms with Crippen LogP contribution in [-0.2, 0) is 11.3 Å². The Balaban J connectivity index is 1.29. The number of aromatic nitrogens is 5. The van der Waals surface area contributed by atoms with Gasteiger partial charge in [0.05, 0.1) is 0 Å². The third-order valence-electron chi connectivity index (χ3n) is 4.95. The van der Waals surface area contributed by atoms with E-state index in [0.29, 0.717) is 31.7 Å². The number of piperidine rings is 1. The maximum absolute atomic E-state index is 13.7. The molecule has 0 radical (unpaired) electrons. The van der Waals surface area contributed by atoms with E-state index in [1.807, 2.05) is 12.1 Å². The zero-order valence-electron chi connectivity index (χ0n) is 15.5. The van der Waals surface area contributed by atoms with Crippen LogP contribution >= 0.6 is 0 Å². The molecule has 2 aromatic heterocycles. The molecule has 3 heterocycles. The highest BCUT2D eigenvalue weighted by Crippen LogP contribution is 2.22. The third-order valence-corrected chi connectivity index (χ3v) is 4.95. The van der Waals surface area contributed by atoms with Gasteiger partial charge in [-0.15, -0.1) is 10.2 Å². The van der Waals surface area contributed by atoms with Gasteiger partial charge in [-0.3, -0.25) is 4.79 Å². The summed E-state index contributed by atoms with van der Waals surface area (Å²) in [6, 6.07) is 7.01. The standard InChI is InChI=1S/C19H19F2N7O/c20-15-2-1-14(16(21)9-15)10-23-19(29)13-5-7-27(8-6-13)17-3-4-18(26-25-17)28-12-22-11-24-28/h1-4,9,11-13H,5-8,10H2,(H,23,29). The minimum absolute atomic E-state index is 0.0420. The highest BCUT2D eigenvalue weighted by Gasteiger charge is 2.25. The molecule has 1 aliphatic heterocycles. The quantitative estimate of drug-likeness (QED) is 0.705. The smallest absolute Gasteiger partial charge is 0.223 e. The summed E-state index contributed by atoms with van der Waals surface area (Å²) >= 11 is 0. The fraction of sp³-hybridized carbons (Fsp3) is 0.316. The van der Waals surface area contributed by atoms with Gasteiger partial charge < -0.3 is 10.2 Å². The van der Waals surface area contributed by atoms with Gasteiger partial charge in [0.1, 0.15) is 24.3 Å². The number of rotatable bonds is 5. The van der Waals surface area contributed by atoms with E-state index in [1.165, 1.54) is 23.1 Å². The fourth-order valence-corrected chi connectivity index (χ4v) is 3.30. The number of hydrogen-bond acceptors (Lipinski definition) is 6. The molecule has 0 spiro atoms. The first-order valence-corrected chi connectivity index (χ1v) is 9.25. The lowest BCUT2D eigenvalue weighted by atomic mass is 9.96. The molecule has 10 heteroatoms. The Morgan fingerprint density at radius 2 is 1.86 bits per heavy atom. The number of halogens is 2. The van der Waals surface area contributed by atoms with E-state index in [-0.39, 0.29) is 23.9 Å². The number of benzene rings is 1. The Labute approximate surface area is 165 Å². The second kappa shape index (κ2) is 8.29. The summed E-state index contributed by atoms with van der Waals surface area (Å²) in [5.41, 5.74) is 0.264. The molecule has 4 rings (SSSR count). The average Bonchev–Trinajstić information content (AvgIpc) is 3.28. The maximum atomic E-state index is 13.7. The van der Waals surface area contributed by atoms with Gasteiger partial charge >= 0.3 is 0 Å². The summed E-state index contributed by atoms with van der Waals surface area (Å²) < 4.78 is 28.2. The van der Waals surface area contributed by atoms with Crippen LogP contribution in [0.3, 0.4) is 0 Å². The fourth-order valence-electron chi connectivity index (χ4n) is 3.30. The van der Waals surface area contributed by atoms with Crippen LogP contribution in [0.4, 0.5) is 14.6 Å². The monoisotopic (exact) mass is 399 g/mol. The van der Waals surface area contributed by atoms with Crippen LogP contribution in [0.5, 0.6) is 0 Å². The molecule has 1 aliphatic rings. The Morgan fingerprint density at radius 1 is 1.10 bits per heavy atom. The van der Waals surface area contributed by atoms with Crippen LogP contribution in [0.2, 0.25) is 0 Å². The average molecular weight is 399 g/mol. The van der Waals surface area contributed by atoms with E-state index >= 15 is 0 Å². The summed E-state index contributed by atoms with van der Waals surface area (Å²) in [5, 5.41) is 15.1. The Kier molecular flexibility index (Phi) is 5.41. The first-order chi connectivity index (χ1) is 14.1. The third kappa shape index (κ3) is 4.36. The predicted molar refractivity (Wildman–Crippen MR) is 100 cm³/mol. The highest BCUT2D eigenvalue weighted by atomic mass is 19.1. The molecule has 1 saturated heterocycles. The van der Waals surface area contributed by atoms with Crippen molar-refractivity contribution in [2.45, 2.75) is 19.4 Å². The van der Waals surface area contributed by atoms with Crippen LogP contribution in [-0.4, -0.2) is 44.0 Å². The molecule has 3 aromatic rings. The summed E-state index contributed by atoms with van der Waals surface area (Å²) in [7, 11) is 0. The molecule has 0 bridgehead atoms. The number of nitrogens with one attached hydrogen (secondary N) is 1. The lowest BCUT2D eigenvalue weighted by molar-refractivity contribution is -0.125. The lowest BCUT2D eigenvalue weighted by Crippen LogP contribution is -2.40. The van der Waals surface area contributed by atoms with Gasteiger partial charge in [-0.25, -0.2) is 18.4 Å². The number of carbonyl (C=O) groups excluding carboxylic acids is 1. The van der Waals surface area contributed by atoms with Crippen LogP contribution in [0, 0.1) is 17.6 Å². The molecule has 8 nitrogen and oxygen atoms in total. The minimum atomic E-state index is -0.659. The minimum Gasteiger partial charge on any atom is -0.355 e. The van der Waals surface area contributed by atoms with E-state index in [0.717, 1.165) is 11.9 Å². The molecule has 1 N–H and O–H groups in total. The van der Waals surface area contributed by atoms with Crippen molar-refractivity contribution in [2.24, 2.45) is 5.92 Å². The lowest BCUT2D eigenvalue weighted by Gasteiger charge is -2.31. The highest BCUT2D eigenvalue weighted by molar-refractivity contribution is 5.79. The molecule has 29 heavy (non-hydrogen) atoms. The van der Waals surface area contributed by atoms with E-state index in [1.54, 1.807) is 6.33 Å². The molecule has 0 unspecified atom stereocenters. The summed E-state index contributed by atoms with van der Waals surface area (Å²) in [5.74, 6) is -0.261. The SMILES string of the molecule is O=C(NCc1ccc(F)cc1F)C1CCN(c2ccc(-n3cncn3)nn2)CC1. The summed E-state index contributed by atoms with van der Waals surface area (Å²) in [4.78, 5) is 18.3. The van der Waals surface area contributed by atoms with Gasteiger partial charge in [0.15, 0.2) is 11.6 Å². The van der Waals surface area contributed by atoms with Crippen LogP contribution < -0.4 is 10.2 Å². The molecular weight excluding hydrogens is 380 g/mol. The number of carbonyl (C=O) groups is 1. The largest absolute Gasteiger partial charge is 0.355 e. The number of amides is 1. The van der Waals surface area contributed by atoms with Gasteiger partial charge in [-0.1, -0.05) is 6.07 Å². The summed E-state index contributed by atoms with van der Waals surface area (Å²) in [6.45, 7) is 1.38.